The summed E-state index contributed by atoms with van der Waals surface area (Å²) in [6, 6.07) is 2.63. The van der Waals surface area contributed by atoms with Crippen molar-refractivity contribution in [2.75, 3.05) is 32.1 Å². The predicted molar refractivity (Wildman–Crippen MR) is 78.4 cm³/mol. The molecule has 2 aliphatic heterocycles. The van der Waals surface area contributed by atoms with E-state index in [9.17, 15) is 0 Å². The third-order valence-corrected chi connectivity index (χ3v) is 5.05. The van der Waals surface area contributed by atoms with Crippen molar-refractivity contribution in [3.63, 3.8) is 0 Å². The van der Waals surface area contributed by atoms with E-state index < -0.39 is 0 Å². The number of anilines is 1. The fraction of sp³-hybridized carbons (Fsp3) is 0.733. The number of nitrogens with one attached hydrogen (secondary N) is 1. The molecule has 2 saturated heterocycles. The monoisotopic (exact) mass is 290 g/mol. The molecule has 6 nitrogen and oxygen atoms in total. The van der Waals surface area contributed by atoms with Gasteiger partial charge in [-0.25, -0.2) is 4.98 Å². The molecule has 4 atom stereocenters. The quantitative estimate of drug-likeness (QED) is 0.897. The summed E-state index contributed by atoms with van der Waals surface area (Å²) in [7, 11) is 1.63. The van der Waals surface area contributed by atoms with E-state index in [1.165, 1.54) is 25.9 Å². The Morgan fingerprint density at radius 2 is 2.24 bits per heavy atom. The van der Waals surface area contributed by atoms with Crippen LogP contribution in [0.4, 0.5) is 5.95 Å². The molecule has 21 heavy (non-hydrogen) atoms. The van der Waals surface area contributed by atoms with Crippen molar-refractivity contribution < 1.29 is 9.47 Å². The van der Waals surface area contributed by atoms with Gasteiger partial charge in [0.2, 0.25) is 11.8 Å². The third kappa shape index (κ3) is 2.26. The Bertz CT molecular complexity index is 501. The molecular formula is C15H22N4O2. The molecule has 0 spiro atoms. The Morgan fingerprint density at radius 1 is 1.38 bits per heavy atom. The van der Waals surface area contributed by atoms with Crippen LogP contribution in [0.5, 0.6) is 5.88 Å². The second-order valence-corrected chi connectivity index (χ2v) is 6.11. The van der Waals surface area contributed by atoms with Gasteiger partial charge in [-0.3, -0.25) is 4.90 Å². The van der Waals surface area contributed by atoms with Gasteiger partial charge in [0, 0.05) is 24.8 Å². The lowest BCUT2D eigenvalue weighted by molar-refractivity contribution is -0.0605. The molecule has 0 aromatic carbocycles. The zero-order chi connectivity index (χ0) is 14.2. The molecule has 3 aliphatic rings. The molecule has 0 unspecified atom stereocenters. The Hall–Kier alpha value is -1.40. The third-order valence-electron chi connectivity index (χ3n) is 5.05. The number of likely N-dealkylation sites (tertiary alicyclic amines) is 1. The van der Waals surface area contributed by atoms with Gasteiger partial charge in [0.15, 0.2) is 0 Å². The molecule has 6 heteroatoms. The topological polar surface area (TPSA) is 59.5 Å². The summed E-state index contributed by atoms with van der Waals surface area (Å²) in [6.07, 6.45) is 5.87. The molecule has 4 rings (SSSR count). The minimum Gasteiger partial charge on any atom is -0.481 e. The van der Waals surface area contributed by atoms with Crippen LogP contribution in [0.3, 0.4) is 0 Å². The lowest BCUT2D eigenvalue weighted by Crippen LogP contribution is -2.67. The van der Waals surface area contributed by atoms with Crippen LogP contribution < -0.4 is 10.1 Å². The maximum Gasteiger partial charge on any atom is 0.226 e. The van der Waals surface area contributed by atoms with Gasteiger partial charge in [0.05, 0.1) is 25.3 Å². The maximum atomic E-state index is 5.94. The molecule has 1 aromatic rings. The molecule has 3 heterocycles. The van der Waals surface area contributed by atoms with Gasteiger partial charge >= 0.3 is 0 Å². The van der Waals surface area contributed by atoms with Crippen LogP contribution in [0.1, 0.15) is 19.3 Å². The fourth-order valence-electron chi connectivity index (χ4n) is 4.02. The lowest BCUT2D eigenvalue weighted by Gasteiger charge is -2.51. The first-order valence-electron chi connectivity index (χ1n) is 7.86. The highest BCUT2D eigenvalue weighted by molar-refractivity contribution is 5.33. The van der Waals surface area contributed by atoms with E-state index in [4.69, 9.17) is 9.47 Å². The molecule has 0 bridgehead atoms. The minimum absolute atomic E-state index is 0.391. The SMILES string of the molecule is COc1ccnc(N[C@H]2[C@H]3CCO[C@H]3[C@@H]2N2CCCC2)n1. The molecule has 1 N–H and O–H groups in total. The first-order chi connectivity index (χ1) is 10.4. The van der Waals surface area contributed by atoms with E-state index in [0.29, 0.717) is 35.9 Å². The number of hydrogen-bond donors (Lipinski definition) is 1. The molecule has 1 saturated carbocycles. The fourth-order valence-corrected chi connectivity index (χ4v) is 4.02. The van der Waals surface area contributed by atoms with Gasteiger partial charge in [0.1, 0.15) is 0 Å². The normalized spacial score (nSPS) is 35.3. The zero-order valence-electron chi connectivity index (χ0n) is 12.4. The molecule has 114 valence electrons. The van der Waals surface area contributed by atoms with Crippen molar-refractivity contribution in [1.29, 1.82) is 0 Å². The lowest BCUT2D eigenvalue weighted by atomic mass is 9.71. The average molecular weight is 290 g/mol. The molecular weight excluding hydrogens is 268 g/mol. The van der Waals surface area contributed by atoms with Crippen molar-refractivity contribution in [2.45, 2.75) is 37.5 Å². The van der Waals surface area contributed by atoms with Crippen molar-refractivity contribution in [1.82, 2.24) is 14.9 Å². The van der Waals surface area contributed by atoms with Gasteiger partial charge in [0.25, 0.3) is 0 Å². The Kier molecular flexibility index (Phi) is 3.43. The van der Waals surface area contributed by atoms with Crippen LogP contribution in [-0.4, -0.2) is 59.9 Å². The average Bonchev–Trinajstić information content (AvgIpc) is 3.16. The van der Waals surface area contributed by atoms with E-state index in [2.05, 4.69) is 20.2 Å². The van der Waals surface area contributed by atoms with E-state index in [-0.39, 0.29) is 0 Å². The summed E-state index contributed by atoms with van der Waals surface area (Å²) in [5.41, 5.74) is 0. The Labute approximate surface area is 124 Å². The highest BCUT2D eigenvalue weighted by atomic mass is 16.5. The van der Waals surface area contributed by atoms with Crippen LogP contribution in [0.25, 0.3) is 0 Å². The summed E-state index contributed by atoms with van der Waals surface area (Å²) >= 11 is 0. The summed E-state index contributed by atoms with van der Waals surface area (Å²) in [4.78, 5) is 11.3. The largest absolute Gasteiger partial charge is 0.481 e. The molecule has 0 amide bonds. The number of fused-ring (bicyclic) bond motifs is 1. The number of rotatable bonds is 4. The minimum atomic E-state index is 0.391. The zero-order valence-corrected chi connectivity index (χ0v) is 12.4. The highest BCUT2D eigenvalue weighted by Gasteiger charge is 2.56. The second kappa shape index (κ2) is 5.42. The molecule has 1 aliphatic carbocycles. The summed E-state index contributed by atoms with van der Waals surface area (Å²) in [5.74, 6) is 1.85. The first kappa shape index (κ1) is 13.3. The Morgan fingerprint density at radius 3 is 3.05 bits per heavy atom. The number of ether oxygens (including phenoxy) is 2. The second-order valence-electron chi connectivity index (χ2n) is 6.11. The summed E-state index contributed by atoms with van der Waals surface area (Å²) < 4.78 is 11.1. The number of aromatic nitrogens is 2. The van der Waals surface area contributed by atoms with Gasteiger partial charge in [-0.15, -0.1) is 0 Å². The van der Waals surface area contributed by atoms with E-state index in [1.54, 1.807) is 19.4 Å². The Balaban J connectivity index is 1.51. The highest BCUT2D eigenvalue weighted by Crippen LogP contribution is 2.43. The van der Waals surface area contributed by atoms with Gasteiger partial charge in [-0.1, -0.05) is 0 Å². The molecule has 3 fully saturated rings. The van der Waals surface area contributed by atoms with E-state index in [0.717, 1.165) is 13.0 Å². The van der Waals surface area contributed by atoms with E-state index in [1.807, 2.05) is 0 Å². The number of nitrogens with zero attached hydrogens (tertiary/aromatic N) is 3. The van der Waals surface area contributed by atoms with Gasteiger partial charge in [-0.2, -0.15) is 4.98 Å². The summed E-state index contributed by atoms with van der Waals surface area (Å²) in [6.45, 7) is 3.26. The summed E-state index contributed by atoms with van der Waals surface area (Å²) in [5, 5.41) is 3.53. The standard InChI is InChI=1S/C15H22N4O2/c1-20-11-4-6-16-15(17-11)18-12-10-5-9-21-14(10)13(12)19-7-2-3-8-19/h4,6,10,12-14H,2-3,5,7-9H2,1H3,(H,16,17,18)/t10-,12+,13-,14-/m1/s1. The van der Waals surface area contributed by atoms with Crippen molar-refractivity contribution in [2.24, 2.45) is 5.92 Å². The van der Waals surface area contributed by atoms with Gasteiger partial charge < -0.3 is 14.8 Å². The van der Waals surface area contributed by atoms with Crippen LogP contribution in [0.2, 0.25) is 0 Å². The number of hydrogen-bond acceptors (Lipinski definition) is 6. The van der Waals surface area contributed by atoms with Crippen LogP contribution >= 0.6 is 0 Å². The predicted octanol–water partition coefficient (Wildman–Crippen LogP) is 1.15. The van der Waals surface area contributed by atoms with Crippen LogP contribution in [-0.2, 0) is 4.74 Å². The van der Waals surface area contributed by atoms with E-state index >= 15 is 0 Å². The number of methoxy groups -OCH3 is 1. The van der Waals surface area contributed by atoms with Crippen molar-refractivity contribution >= 4 is 5.95 Å². The first-order valence-corrected chi connectivity index (χ1v) is 7.86. The van der Waals surface area contributed by atoms with Crippen LogP contribution in [0, 0.1) is 5.92 Å². The van der Waals surface area contributed by atoms with Crippen molar-refractivity contribution in [3.8, 4) is 5.88 Å². The smallest absolute Gasteiger partial charge is 0.226 e. The molecule has 1 aromatic heterocycles. The van der Waals surface area contributed by atoms with Crippen LogP contribution in [0.15, 0.2) is 12.3 Å². The maximum absolute atomic E-state index is 5.94. The van der Waals surface area contributed by atoms with Gasteiger partial charge in [-0.05, 0) is 32.4 Å². The molecule has 0 radical (unpaired) electrons. The van der Waals surface area contributed by atoms with Crippen molar-refractivity contribution in [3.05, 3.63) is 12.3 Å².